The van der Waals surface area contributed by atoms with Gasteiger partial charge in [0.25, 0.3) is 0 Å². The molecule has 0 bridgehead atoms. The number of hydrogen-bond acceptors (Lipinski definition) is 6. The third-order valence-corrected chi connectivity index (χ3v) is 5.51. The minimum Gasteiger partial charge on any atom is -0.491 e. The maximum atomic E-state index is 10.3. The van der Waals surface area contributed by atoms with Gasteiger partial charge in [-0.2, -0.15) is 0 Å². The molecule has 0 saturated carbocycles. The monoisotopic (exact) mass is 444 g/mol. The Hall–Kier alpha value is -2.16. The number of nitrogens with zero attached hydrogens (tertiary/aromatic N) is 3. The first-order valence-electron chi connectivity index (χ1n) is 10.6. The maximum Gasteiger partial charge on any atom is 0.121 e. The van der Waals surface area contributed by atoms with Crippen molar-refractivity contribution in [3.63, 3.8) is 0 Å². The molecule has 166 valence electrons. The second-order valence-electron chi connectivity index (χ2n) is 8.04. The van der Waals surface area contributed by atoms with Crippen LogP contribution in [0, 0.1) is 0 Å². The lowest BCUT2D eigenvalue weighted by Crippen LogP contribution is -2.42. The van der Waals surface area contributed by atoms with E-state index in [2.05, 4.69) is 32.9 Å². The van der Waals surface area contributed by atoms with Gasteiger partial charge < -0.3 is 19.6 Å². The van der Waals surface area contributed by atoms with Crippen LogP contribution in [0.4, 0.5) is 0 Å². The molecule has 31 heavy (non-hydrogen) atoms. The van der Waals surface area contributed by atoms with Crippen molar-refractivity contribution in [3.8, 4) is 5.75 Å². The molecular formula is C23H29ClN4O3. The van der Waals surface area contributed by atoms with Gasteiger partial charge >= 0.3 is 0 Å². The lowest BCUT2D eigenvalue weighted by atomic mass is 10.2. The molecule has 3 aromatic rings. The average Bonchev–Trinajstić information content (AvgIpc) is 3.14. The molecule has 0 spiro atoms. The van der Waals surface area contributed by atoms with Crippen molar-refractivity contribution in [2.75, 3.05) is 46.5 Å². The zero-order chi connectivity index (χ0) is 21.6. The van der Waals surface area contributed by atoms with Gasteiger partial charge in [-0.1, -0.05) is 23.7 Å². The summed E-state index contributed by atoms with van der Waals surface area (Å²) >= 11 is 6.06. The number of fused-ring (bicyclic) bond motifs is 1. The fourth-order valence-electron chi connectivity index (χ4n) is 3.79. The van der Waals surface area contributed by atoms with Crippen molar-refractivity contribution in [2.45, 2.75) is 19.2 Å². The molecule has 1 atom stereocenters. The Bertz CT molecular complexity index is 990. The van der Waals surface area contributed by atoms with Crippen molar-refractivity contribution in [2.24, 2.45) is 0 Å². The number of nitrogens with one attached hydrogen (secondary N) is 1. The Labute approximate surface area is 187 Å². The first kappa shape index (κ1) is 22.0. The Morgan fingerprint density at radius 2 is 2.06 bits per heavy atom. The molecule has 1 unspecified atom stereocenters. The molecule has 1 fully saturated rings. The summed E-state index contributed by atoms with van der Waals surface area (Å²) in [5.41, 5.74) is 3.00. The lowest BCUT2D eigenvalue weighted by Gasteiger charge is -2.28. The van der Waals surface area contributed by atoms with E-state index in [0.717, 1.165) is 61.0 Å². The van der Waals surface area contributed by atoms with Crippen LogP contribution in [0.2, 0.25) is 5.02 Å². The molecule has 2 heterocycles. The maximum absolute atomic E-state index is 10.3. The predicted octanol–water partition coefficient (Wildman–Crippen LogP) is 2.92. The SMILES string of the molecule is CN(Cc1cccc(OCC(O)CN2CCOCC2)c1)Cc1nc2ccc(Cl)cc2[nH]1. The van der Waals surface area contributed by atoms with Crippen LogP contribution in [-0.4, -0.2) is 77.5 Å². The van der Waals surface area contributed by atoms with Gasteiger partial charge in [-0.05, 0) is 42.9 Å². The van der Waals surface area contributed by atoms with Gasteiger partial charge in [0.2, 0.25) is 0 Å². The number of ether oxygens (including phenoxy) is 2. The van der Waals surface area contributed by atoms with E-state index in [1.807, 2.05) is 36.4 Å². The van der Waals surface area contributed by atoms with E-state index in [1.165, 1.54) is 0 Å². The van der Waals surface area contributed by atoms with Gasteiger partial charge in [-0.25, -0.2) is 4.98 Å². The molecule has 0 aliphatic carbocycles. The molecular weight excluding hydrogens is 416 g/mol. The highest BCUT2D eigenvalue weighted by molar-refractivity contribution is 6.31. The summed E-state index contributed by atoms with van der Waals surface area (Å²) in [6.07, 6.45) is -0.522. The standard InChI is InChI=1S/C23H29ClN4O3/c1-27(15-23-25-21-6-5-18(24)12-22(21)26-23)13-17-3-2-4-20(11-17)31-16-19(29)14-28-7-9-30-10-8-28/h2-6,11-12,19,29H,7-10,13-16H2,1H3,(H,25,26). The molecule has 1 saturated heterocycles. The number of H-pyrrole nitrogens is 1. The fourth-order valence-corrected chi connectivity index (χ4v) is 3.97. The third-order valence-electron chi connectivity index (χ3n) is 5.28. The molecule has 2 aromatic carbocycles. The molecule has 0 radical (unpaired) electrons. The molecule has 8 heteroatoms. The van der Waals surface area contributed by atoms with E-state index in [9.17, 15) is 5.11 Å². The summed E-state index contributed by atoms with van der Waals surface area (Å²) in [4.78, 5) is 12.3. The number of morpholine rings is 1. The quantitative estimate of drug-likeness (QED) is 0.528. The number of aromatic amines is 1. The zero-order valence-electron chi connectivity index (χ0n) is 17.8. The summed E-state index contributed by atoms with van der Waals surface area (Å²) in [7, 11) is 2.06. The Morgan fingerprint density at radius 1 is 1.23 bits per heavy atom. The summed E-state index contributed by atoms with van der Waals surface area (Å²) in [6.45, 7) is 5.50. The van der Waals surface area contributed by atoms with E-state index >= 15 is 0 Å². The molecule has 0 amide bonds. The number of imidazole rings is 1. The van der Waals surface area contributed by atoms with Crippen LogP contribution in [0.1, 0.15) is 11.4 Å². The van der Waals surface area contributed by atoms with Crippen molar-refractivity contribution in [3.05, 3.63) is 58.9 Å². The topological polar surface area (TPSA) is 73.8 Å². The van der Waals surface area contributed by atoms with Gasteiger partial charge in [0.1, 0.15) is 24.3 Å². The van der Waals surface area contributed by atoms with Crippen LogP contribution in [0.25, 0.3) is 11.0 Å². The van der Waals surface area contributed by atoms with Gasteiger partial charge in [-0.15, -0.1) is 0 Å². The summed E-state index contributed by atoms with van der Waals surface area (Å²) < 4.78 is 11.2. The van der Waals surface area contributed by atoms with Crippen LogP contribution in [0.5, 0.6) is 5.75 Å². The Morgan fingerprint density at radius 3 is 2.90 bits per heavy atom. The number of aromatic nitrogens is 2. The van der Waals surface area contributed by atoms with Crippen molar-refractivity contribution in [1.82, 2.24) is 19.8 Å². The number of aliphatic hydroxyl groups excluding tert-OH is 1. The van der Waals surface area contributed by atoms with E-state index in [-0.39, 0.29) is 6.61 Å². The first-order chi connectivity index (χ1) is 15.0. The molecule has 7 nitrogen and oxygen atoms in total. The molecule has 1 aliphatic rings. The number of rotatable bonds is 9. The summed E-state index contributed by atoms with van der Waals surface area (Å²) in [5, 5.41) is 11.0. The number of benzene rings is 2. The minimum atomic E-state index is -0.522. The second-order valence-corrected chi connectivity index (χ2v) is 8.48. The highest BCUT2D eigenvalue weighted by atomic mass is 35.5. The molecule has 1 aromatic heterocycles. The number of aliphatic hydroxyl groups is 1. The van der Waals surface area contributed by atoms with Crippen LogP contribution < -0.4 is 4.74 Å². The van der Waals surface area contributed by atoms with Crippen molar-refractivity contribution < 1.29 is 14.6 Å². The zero-order valence-corrected chi connectivity index (χ0v) is 18.5. The highest BCUT2D eigenvalue weighted by Crippen LogP contribution is 2.19. The number of β-amino-alcohol motifs (C(OH)–C–C–N with tert-alkyl or cyclic N) is 1. The van der Waals surface area contributed by atoms with Crippen LogP contribution in [-0.2, 0) is 17.8 Å². The minimum absolute atomic E-state index is 0.276. The Balaban J connectivity index is 1.28. The van der Waals surface area contributed by atoms with Gasteiger partial charge in [0, 0.05) is 31.2 Å². The van der Waals surface area contributed by atoms with E-state index in [0.29, 0.717) is 18.1 Å². The average molecular weight is 445 g/mol. The molecule has 1 aliphatic heterocycles. The van der Waals surface area contributed by atoms with E-state index < -0.39 is 6.10 Å². The fraction of sp³-hybridized carbons (Fsp3) is 0.435. The summed E-state index contributed by atoms with van der Waals surface area (Å²) in [6, 6.07) is 13.7. The van der Waals surface area contributed by atoms with E-state index in [4.69, 9.17) is 21.1 Å². The lowest BCUT2D eigenvalue weighted by molar-refractivity contribution is 0.00464. The van der Waals surface area contributed by atoms with Gasteiger partial charge in [0.05, 0.1) is 30.8 Å². The van der Waals surface area contributed by atoms with E-state index in [1.54, 1.807) is 0 Å². The van der Waals surface area contributed by atoms with Crippen molar-refractivity contribution >= 4 is 22.6 Å². The summed E-state index contributed by atoms with van der Waals surface area (Å²) in [5.74, 6) is 1.67. The van der Waals surface area contributed by atoms with Crippen molar-refractivity contribution in [1.29, 1.82) is 0 Å². The normalized spacial score (nSPS) is 16.1. The number of halogens is 1. The predicted molar refractivity (Wildman–Crippen MR) is 121 cm³/mol. The van der Waals surface area contributed by atoms with Gasteiger partial charge in [-0.3, -0.25) is 9.80 Å². The first-order valence-corrected chi connectivity index (χ1v) is 11.0. The van der Waals surface area contributed by atoms with Crippen LogP contribution in [0.15, 0.2) is 42.5 Å². The molecule has 4 rings (SSSR count). The molecule has 2 N–H and O–H groups in total. The second kappa shape index (κ2) is 10.4. The number of hydrogen-bond donors (Lipinski definition) is 2. The van der Waals surface area contributed by atoms with Crippen LogP contribution >= 0.6 is 11.6 Å². The van der Waals surface area contributed by atoms with Gasteiger partial charge in [0.15, 0.2) is 0 Å². The third kappa shape index (κ3) is 6.41. The van der Waals surface area contributed by atoms with Crippen LogP contribution in [0.3, 0.4) is 0 Å². The smallest absolute Gasteiger partial charge is 0.121 e. The Kier molecular flexibility index (Phi) is 7.42. The highest BCUT2D eigenvalue weighted by Gasteiger charge is 2.15. The largest absolute Gasteiger partial charge is 0.491 e.